The number of nitrogens with zero attached hydrogens (tertiary/aromatic N) is 1. The van der Waals surface area contributed by atoms with E-state index in [-0.39, 0.29) is 18.9 Å². The lowest BCUT2D eigenvalue weighted by Crippen LogP contribution is -2.46. The van der Waals surface area contributed by atoms with E-state index in [2.05, 4.69) is 16.1 Å². The van der Waals surface area contributed by atoms with Crippen molar-refractivity contribution in [3.05, 3.63) is 48.3 Å². The van der Waals surface area contributed by atoms with Crippen LogP contribution >= 0.6 is 11.8 Å². The van der Waals surface area contributed by atoms with Crippen molar-refractivity contribution in [3.8, 4) is 11.1 Å². The molecule has 1 atom stereocenters. The van der Waals surface area contributed by atoms with Gasteiger partial charge in [-0.25, -0.2) is 14.2 Å². The lowest BCUT2D eigenvalue weighted by molar-refractivity contribution is 0.175. The molecule has 0 saturated heterocycles. The molecule has 27 heavy (non-hydrogen) atoms. The number of benzene rings is 2. The molecule has 8 heteroatoms. The molecule has 0 fully saturated rings. The first-order valence-corrected chi connectivity index (χ1v) is 9.69. The number of hydrogen-bond donors (Lipinski definition) is 4. The molecule has 2 rings (SSSR count). The van der Waals surface area contributed by atoms with E-state index in [0.717, 1.165) is 10.5 Å². The number of amides is 2. The van der Waals surface area contributed by atoms with Crippen molar-refractivity contribution < 1.29 is 14.3 Å². The van der Waals surface area contributed by atoms with Crippen LogP contribution in [-0.4, -0.2) is 55.7 Å². The van der Waals surface area contributed by atoms with E-state index in [9.17, 15) is 14.3 Å². The molecule has 6 nitrogen and oxygen atoms in total. The smallest absolute Gasteiger partial charge is 0.329 e. The summed E-state index contributed by atoms with van der Waals surface area (Å²) in [6.45, 7) is 0.262. The number of thioether (sulfide) groups is 1. The minimum Gasteiger partial charge on any atom is -0.389 e. The molecule has 0 aliphatic rings. The summed E-state index contributed by atoms with van der Waals surface area (Å²) in [7, 11) is 3.37. The largest absolute Gasteiger partial charge is 0.389 e. The van der Waals surface area contributed by atoms with Crippen LogP contribution in [0.1, 0.15) is 0 Å². The molecule has 146 valence electrons. The van der Waals surface area contributed by atoms with Gasteiger partial charge in [0.15, 0.2) is 0 Å². The van der Waals surface area contributed by atoms with Crippen LogP contribution in [-0.2, 0) is 0 Å². The molecule has 0 unspecified atom stereocenters. The van der Waals surface area contributed by atoms with Gasteiger partial charge in [-0.05, 0) is 42.2 Å². The zero-order chi connectivity index (χ0) is 19.8. The maximum Gasteiger partial charge on any atom is 0.329 e. The molecule has 0 bridgehead atoms. The number of anilines is 1. The number of aliphatic hydroxyl groups is 1. The Hall–Kier alpha value is -2.29. The Balaban J connectivity index is 1.88. The van der Waals surface area contributed by atoms with Gasteiger partial charge in [0.1, 0.15) is 5.82 Å². The summed E-state index contributed by atoms with van der Waals surface area (Å²) in [5.41, 5.74) is 4.41. The van der Waals surface area contributed by atoms with Gasteiger partial charge in [0, 0.05) is 43.3 Å². The minimum atomic E-state index is -0.806. The summed E-state index contributed by atoms with van der Waals surface area (Å²) in [6, 6.07) is 12.2. The molecular weight excluding hydrogens is 367 g/mol. The molecule has 2 amide bonds. The van der Waals surface area contributed by atoms with Crippen molar-refractivity contribution in [2.24, 2.45) is 0 Å². The highest BCUT2D eigenvalue weighted by Crippen LogP contribution is 2.27. The van der Waals surface area contributed by atoms with Crippen molar-refractivity contribution in [2.45, 2.75) is 11.0 Å². The van der Waals surface area contributed by atoms with Gasteiger partial charge in [0.2, 0.25) is 0 Å². The summed E-state index contributed by atoms with van der Waals surface area (Å²) >= 11 is 1.64. The highest BCUT2D eigenvalue weighted by molar-refractivity contribution is 7.98. The van der Waals surface area contributed by atoms with Gasteiger partial charge < -0.3 is 15.7 Å². The van der Waals surface area contributed by atoms with Crippen LogP contribution in [0.4, 0.5) is 14.9 Å². The Bertz CT molecular complexity index is 756. The van der Waals surface area contributed by atoms with Crippen LogP contribution in [0.2, 0.25) is 0 Å². The number of hydrogen-bond acceptors (Lipinski definition) is 5. The number of urea groups is 1. The van der Waals surface area contributed by atoms with Gasteiger partial charge in [-0.1, -0.05) is 12.1 Å². The molecule has 0 aliphatic carbocycles. The number of carbonyl (C=O) groups is 1. The number of halogens is 1. The average molecular weight is 393 g/mol. The van der Waals surface area contributed by atoms with E-state index < -0.39 is 12.1 Å². The highest BCUT2D eigenvalue weighted by Gasteiger charge is 2.09. The van der Waals surface area contributed by atoms with E-state index in [1.807, 2.05) is 30.5 Å². The number of nitrogens with one attached hydrogen (secondary N) is 3. The van der Waals surface area contributed by atoms with E-state index in [1.54, 1.807) is 38.0 Å². The summed E-state index contributed by atoms with van der Waals surface area (Å²) in [5, 5.41) is 16.9. The van der Waals surface area contributed by atoms with Gasteiger partial charge in [-0.3, -0.25) is 5.43 Å². The number of hydrazine groups is 1. The summed E-state index contributed by atoms with van der Waals surface area (Å²) < 4.78 is 14.4. The third-order valence-corrected chi connectivity index (χ3v) is 4.48. The van der Waals surface area contributed by atoms with Crippen molar-refractivity contribution >= 4 is 23.5 Å². The molecule has 0 spiro atoms. The Morgan fingerprint density at radius 2 is 1.89 bits per heavy atom. The lowest BCUT2D eigenvalue weighted by Gasteiger charge is -2.16. The van der Waals surface area contributed by atoms with Crippen LogP contribution in [0.25, 0.3) is 11.1 Å². The predicted molar refractivity (Wildman–Crippen MR) is 108 cm³/mol. The third kappa shape index (κ3) is 6.74. The number of aliphatic hydroxyl groups excluding tert-OH is 1. The molecule has 2 aromatic rings. The zero-order valence-electron chi connectivity index (χ0n) is 15.6. The van der Waals surface area contributed by atoms with Crippen LogP contribution in [0.3, 0.4) is 0 Å². The fraction of sp³-hybridized carbons (Fsp3) is 0.316. The third-order valence-electron chi connectivity index (χ3n) is 3.74. The fourth-order valence-corrected chi connectivity index (χ4v) is 2.80. The maximum atomic E-state index is 14.4. The lowest BCUT2D eigenvalue weighted by atomic mass is 10.0. The summed E-state index contributed by atoms with van der Waals surface area (Å²) in [5.74, 6) is -0.338. The van der Waals surface area contributed by atoms with Crippen LogP contribution in [0.15, 0.2) is 47.4 Å². The van der Waals surface area contributed by atoms with Gasteiger partial charge >= 0.3 is 6.03 Å². The Labute approximate surface area is 163 Å². The summed E-state index contributed by atoms with van der Waals surface area (Å²) in [6.07, 6.45) is 1.19. The summed E-state index contributed by atoms with van der Waals surface area (Å²) in [4.78, 5) is 12.6. The molecule has 4 N–H and O–H groups in total. The van der Waals surface area contributed by atoms with Crippen molar-refractivity contribution in [3.63, 3.8) is 0 Å². The Kier molecular flexibility index (Phi) is 7.90. The van der Waals surface area contributed by atoms with Crippen molar-refractivity contribution in [1.82, 2.24) is 15.8 Å². The second kappa shape index (κ2) is 10.1. The monoisotopic (exact) mass is 392 g/mol. The van der Waals surface area contributed by atoms with Crippen molar-refractivity contribution in [1.29, 1.82) is 0 Å². The highest BCUT2D eigenvalue weighted by atomic mass is 32.2. The van der Waals surface area contributed by atoms with Crippen LogP contribution in [0.5, 0.6) is 0 Å². The fourth-order valence-electron chi connectivity index (χ4n) is 2.39. The Morgan fingerprint density at radius 1 is 1.19 bits per heavy atom. The first-order valence-electron chi connectivity index (χ1n) is 8.46. The van der Waals surface area contributed by atoms with E-state index in [1.165, 1.54) is 11.1 Å². The quantitative estimate of drug-likeness (QED) is 0.411. The van der Waals surface area contributed by atoms with E-state index in [4.69, 9.17) is 0 Å². The first kappa shape index (κ1) is 21.0. The minimum absolute atomic E-state index is 0.0784. The van der Waals surface area contributed by atoms with E-state index >= 15 is 0 Å². The number of rotatable bonds is 8. The van der Waals surface area contributed by atoms with Gasteiger partial charge in [-0.2, -0.15) is 0 Å². The average Bonchev–Trinajstić information content (AvgIpc) is 2.64. The molecule has 2 aromatic carbocycles. The zero-order valence-corrected chi connectivity index (χ0v) is 16.4. The second-order valence-corrected chi connectivity index (χ2v) is 7.05. The molecule has 0 aliphatic heterocycles. The topological polar surface area (TPSA) is 76.6 Å². The Morgan fingerprint density at radius 3 is 2.48 bits per heavy atom. The molecule has 0 heterocycles. The molecule has 0 saturated carbocycles. The SMILES string of the molecule is CSc1ccc(-c2ccc(NC[C@@H](O)CNC(=O)NN(C)C)cc2F)cc1. The maximum absolute atomic E-state index is 14.4. The van der Waals surface area contributed by atoms with Crippen molar-refractivity contribution in [2.75, 3.05) is 38.8 Å². The van der Waals surface area contributed by atoms with Gasteiger partial charge in [0.25, 0.3) is 0 Å². The molecule has 0 radical (unpaired) electrons. The van der Waals surface area contributed by atoms with Crippen LogP contribution < -0.4 is 16.1 Å². The van der Waals surface area contributed by atoms with Crippen LogP contribution in [0, 0.1) is 5.82 Å². The predicted octanol–water partition coefficient (Wildman–Crippen LogP) is 2.76. The molecule has 0 aromatic heterocycles. The first-order chi connectivity index (χ1) is 12.9. The normalized spacial score (nSPS) is 11.9. The number of carbonyl (C=O) groups excluding carboxylic acids is 1. The van der Waals surface area contributed by atoms with Gasteiger partial charge in [0.05, 0.1) is 6.10 Å². The second-order valence-electron chi connectivity index (χ2n) is 6.17. The standard InChI is InChI=1S/C19H25FN4O2S/c1-24(2)23-19(26)22-12-15(25)11-21-14-6-9-17(18(20)10-14)13-4-7-16(27-3)8-5-13/h4-10,15,21,25H,11-12H2,1-3H3,(H2,22,23,26)/t15-/m1/s1. The molecular formula is C19H25FN4O2S. The van der Waals surface area contributed by atoms with Gasteiger partial charge in [-0.15, -0.1) is 11.8 Å². The van der Waals surface area contributed by atoms with E-state index in [0.29, 0.717) is 11.3 Å².